The van der Waals surface area contributed by atoms with Crippen LogP contribution in [0.4, 0.5) is 0 Å². The summed E-state index contributed by atoms with van der Waals surface area (Å²) >= 11 is 0. The van der Waals surface area contributed by atoms with Crippen LogP contribution in [0.2, 0.25) is 0 Å². The lowest BCUT2D eigenvalue weighted by Crippen LogP contribution is -2.27. The van der Waals surface area contributed by atoms with Crippen molar-refractivity contribution in [2.45, 2.75) is 25.0 Å². The van der Waals surface area contributed by atoms with Gasteiger partial charge in [0.15, 0.2) is 0 Å². The van der Waals surface area contributed by atoms with Gasteiger partial charge in [0.25, 0.3) is 0 Å². The number of likely N-dealkylation sites (tertiary alicyclic amines) is 1. The number of fused-ring (bicyclic) bond motifs is 2. The molecule has 1 aliphatic carbocycles. The number of hydrogen-bond acceptors (Lipinski definition) is 3. The quantitative estimate of drug-likeness (QED) is 0.782. The Kier molecular flexibility index (Phi) is 4.01. The molecule has 2 aliphatic rings. The molecule has 1 fully saturated rings. The maximum atomic E-state index is 10.7. The molecule has 4 rings (SSSR count). The van der Waals surface area contributed by atoms with Gasteiger partial charge in [0.1, 0.15) is 12.2 Å². The number of benzene rings is 2. The molecule has 0 amide bonds. The highest BCUT2D eigenvalue weighted by molar-refractivity contribution is 5.86. The van der Waals surface area contributed by atoms with Gasteiger partial charge in [0.2, 0.25) is 0 Å². The van der Waals surface area contributed by atoms with Crippen molar-refractivity contribution in [2.24, 2.45) is 0 Å². The zero-order valence-electron chi connectivity index (χ0n) is 13.9. The van der Waals surface area contributed by atoms with Gasteiger partial charge < -0.3 is 15.1 Å². The molecule has 2 atom stereocenters. The molecule has 0 spiro atoms. The minimum absolute atomic E-state index is 0.822. The van der Waals surface area contributed by atoms with Crippen molar-refractivity contribution >= 4 is 5.57 Å². The average Bonchev–Trinajstić information content (AvgIpc) is 2.71. The predicted octanol–water partition coefficient (Wildman–Crippen LogP) is 3.29. The van der Waals surface area contributed by atoms with Crippen LogP contribution in [0.15, 0.2) is 54.1 Å². The molecule has 124 valence electrons. The molecule has 0 radical (unpaired) electrons. The monoisotopic (exact) mass is 321 g/mol. The molecule has 3 heteroatoms. The van der Waals surface area contributed by atoms with E-state index in [-0.39, 0.29) is 0 Å². The van der Waals surface area contributed by atoms with Gasteiger partial charge in [-0.05, 0) is 47.7 Å². The summed E-state index contributed by atoms with van der Waals surface area (Å²) in [6.07, 6.45) is 0.264. The molecule has 0 unspecified atom stereocenters. The van der Waals surface area contributed by atoms with Crippen LogP contribution in [0.3, 0.4) is 0 Å². The smallest absolute Gasteiger partial charge is 0.110 e. The number of nitrogens with zero attached hydrogens (tertiary/aromatic N) is 1. The Hall–Kier alpha value is -1.94. The highest BCUT2D eigenvalue weighted by Crippen LogP contribution is 2.45. The molecule has 2 N–H and O–H groups in total. The van der Waals surface area contributed by atoms with Crippen LogP contribution in [-0.2, 0) is 0 Å². The summed E-state index contributed by atoms with van der Waals surface area (Å²) in [6, 6.07) is 15.9. The fraction of sp³-hybridized carbons (Fsp3) is 0.333. The molecule has 1 heterocycles. The number of rotatable bonds is 0. The summed E-state index contributed by atoms with van der Waals surface area (Å²) in [5, 5.41) is 21.5. The molecule has 1 aliphatic heterocycles. The normalized spacial score (nSPS) is 24.3. The molecule has 24 heavy (non-hydrogen) atoms. The fourth-order valence-corrected chi connectivity index (χ4v) is 3.97. The molecular formula is C21H23NO2. The first-order valence-electron chi connectivity index (χ1n) is 8.62. The Labute approximate surface area is 142 Å². The van der Waals surface area contributed by atoms with Crippen molar-refractivity contribution in [3.05, 3.63) is 76.4 Å². The molecule has 2 aromatic carbocycles. The van der Waals surface area contributed by atoms with Crippen molar-refractivity contribution in [3.8, 4) is 0 Å². The Balaban J connectivity index is 2.00. The maximum absolute atomic E-state index is 10.7. The van der Waals surface area contributed by atoms with Crippen molar-refractivity contribution in [1.29, 1.82) is 0 Å². The standard InChI is InChI=1S/C21H23NO2/c1-22-12-10-14(11-13-22)19-15-6-2-4-8-17(15)20(23)21(24)18-9-5-3-7-16(18)19/h2-9,20-21,23-24H,10-13H2,1H3/t20-,21-/m0/s1. The largest absolute Gasteiger partial charge is 0.385 e. The van der Waals surface area contributed by atoms with E-state index in [9.17, 15) is 10.2 Å². The fourth-order valence-electron chi connectivity index (χ4n) is 3.97. The molecule has 1 saturated heterocycles. The Morgan fingerprint density at radius 2 is 1.25 bits per heavy atom. The van der Waals surface area contributed by atoms with Gasteiger partial charge in [-0.25, -0.2) is 0 Å². The Bertz CT molecular complexity index is 732. The Morgan fingerprint density at radius 1 is 0.792 bits per heavy atom. The lowest BCUT2D eigenvalue weighted by atomic mass is 9.86. The summed E-state index contributed by atoms with van der Waals surface area (Å²) in [5.74, 6) is 0. The van der Waals surface area contributed by atoms with E-state index in [1.807, 2.05) is 36.4 Å². The lowest BCUT2D eigenvalue weighted by molar-refractivity contribution is 0.0176. The van der Waals surface area contributed by atoms with E-state index < -0.39 is 12.2 Å². The van der Waals surface area contributed by atoms with E-state index in [4.69, 9.17) is 0 Å². The van der Waals surface area contributed by atoms with Gasteiger partial charge in [0.05, 0.1) is 0 Å². The van der Waals surface area contributed by atoms with Crippen LogP contribution >= 0.6 is 0 Å². The van der Waals surface area contributed by atoms with Gasteiger partial charge in [-0.1, -0.05) is 54.1 Å². The highest BCUT2D eigenvalue weighted by atomic mass is 16.3. The minimum Gasteiger partial charge on any atom is -0.385 e. The first-order chi connectivity index (χ1) is 11.7. The molecule has 0 bridgehead atoms. The van der Waals surface area contributed by atoms with E-state index in [1.165, 1.54) is 11.1 Å². The van der Waals surface area contributed by atoms with Crippen LogP contribution in [0.5, 0.6) is 0 Å². The molecule has 2 aromatic rings. The van der Waals surface area contributed by atoms with Gasteiger partial charge in [-0.2, -0.15) is 0 Å². The van der Waals surface area contributed by atoms with E-state index in [1.54, 1.807) is 0 Å². The van der Waals surface area contributed by atoms with Crippen LogP contribution in [0, 0.1) is 0 Å². The Morgan fingerprint density at radius 3 is 1.75 bits per heavy atom. The first-order valence-corrected chi connectivity index (χ1v) is 8.62. The second-order valence-corrected chi connectivity index (χ2v) is 6.85. The molecular weight excluding hydrogens is 298 g/mol. The van der Waals surface area contributed by atoms with E-state index in [0.29, 0.717) is 0 Å². The second-order valence-electron chi connectivity index (χ2n) is 6.85. The summed E-state index contributed by atoms with van der Waals surface area (Å²) in [4.78, 5) is 2.35. The zero-order chi connectivity index (χ0) is 16.7. The van der Waals surface area contributed by atoms with Crippen LogP contribution < -0.4 is 0 Å². The summed E-state index contributed by atoms with van der Waals surface area (Å²) in [7, 11) is 2.16. The molecule has 0 saturated carbocycles. The zero-order valence-corrected chi connectivity index (χ0v) is 13.9. The predicted molar refractivity (Wildman–Crippen MR) is 95.6 cm³/mol. The van der Waals surface area contributed by atoms with Crippen molar-refractivity contribution in [3.63, 3.8) is 0 Å². The third-order valence-electron chi connectivity index (χ3n) is 5.34. The van der Waals surface area contributed by atoms with Crippen LogP contribution in [0.1, 0.15) is 47.3 Å². The molecule has 0 aromatic heterocycles. The summed E-state index contributed by atoms with van der Waals surface area (Å²) in [6.45, 7) is 2.10. The van der Waals surface area contributed by atoms with Gasteiger partial charge in [0, 0.05) is 13.1 Å². The maximum Gasteiger partial charge on any atom is 0.110 e. The SMILES string of the molecule is CN1CCC(=C2c3ccccc3[C@H](O)[C@@H](O)c3ccccc32)CC1. The van der Waals surface area contributed by atoms with Gasteiger partial charge >= 0.3 is 0 Å². The topological polar surface area (TPSA) is 43.7 Å². The van der Waals surface area contributed by atoms with E-state index >= 15 is 0 Å². The summed E-state index contributed by atoms with van der Waals surface area (Å²) < 4.78 is 0. The van der Waals surface area contributed by atoms with E-state index in [2.05, 4.69) is 24.1 Å². The second kappa shape index (κ2) is 6.17. The van der Waals surface area contributed by atoms with Crippen LogP contribution in [-0.4, -0.2) is 35.3 Å². The number of aliphatic hydroxyl groups is 2. The van der Waals surface area contributed by atoms with Crippen molar-refractivity contribution in [1.82, 2.24) is 4.90 Å². The van der Waals surface area contributed by atoms with Crippen molar-refractivity contribution in [2.75, 3.05) is 20.1 Å². The first kappa shape index (κ1) is 15.6. The van der Waals surface area contributed by atoms with Crippen LogP contribution in [0.25, 0.3) is 5.57 Å². The highest BCUT2D eigenvalue weighted by Gasteiger charge is 2.32. The summed E-state index contributed by atoms with van der Waals surface area (Å²) in [5.41, 5.74) is 6.41. The average molecular weight is 321 g/mol. The molecule has 3 nitrogen and oxygen atoms in total. The van der Waals surface area contributed by atoms with Gasteiger partial charge in [-0.3, -0.25) is 0 Å². The third-order valence-corrected chi connectivity index (χ3v) is 5.34. The number of piperidine rings is 1. The third kappa shape index (κ3) is 2.49. The minimum atomic E-state index is -0.897. The number of hydrogen-bond donors (Lipinski definition) is 2. The van der Waals surface area contributed by atoms with E-state index in [0.717, 1.165) is 48.2 Å². The van der Waals surface area contributed by atoms with Crippen molar-refractivity contribution < 1.29 is 10.2 Å². The lowest BCUT2D eigenvalue weighted by Gasteiger charge is -2.27. The number of aliphatic hydroxyl groups excluding tert-OH is 2. The van der Waals surface area contributed by atoms with Gasteiger partial charge in [-0.15, -0.1) is 0 Å².